The van der Waals surface area contributed by atoms with Crippen LogP contribution in [-0.4, -0.2) is 40.6 Å². The predicted molar refractivity (Wildman–Crippen MR) is 82.3 cm³/mol. The monoisotopic (exact) mass is 288 g/mol. The molecular formula is C14H20N6O. The molecule has 1 heterocycles. The Labute approximate surface area is 123 Å². The fraction of sp³-hybridized carbons (Fsp3) is 0.286. The van der Waals surface area contributed by atoms with Crippen LogP contribution in [0.5, 0.6) is 0 Å². The summed E-state index contributed by atoms with van der Waals surface area (Å²) in [5, 5.41) is 12.4. The van der Waals surface area contributed by atoms with Crippen molar-refractivity contribution in [1.29, 1.82) is 0 Å². The summed E-state index contributed by atoms with van der Waals surface area (Å²) < 4.78 is 0. The third-order valence-corrected chi connectivity index (χ3v) is 3.15. The number of aromatic nitrogens is 2. The van der Waals surface area contributed by atoms with Gasteiger partial charge in [0.1, 0.15) is 0 Å². The molecule has 0 spiro atoms. The second kappa shape index (κ2) is 7.41. The molecule has 0 saturated heterocycles. The topological polar surface area (TPSA) is 111 Å². The zero-order chi connectivity index (χ0) is 15.1. The maximum Gasteiger partial charge on any atom is 0.197 e. The molecule has 6 N–H and O–H groups in total. The first-order valence-corrected chi connectivity index (χ1v) is 6.69. The zero-order valence-corrected chi connectivity index (χ0v) is 11.9. The lowest BCUT2D eigenvalue weighted by Crippen LogP contribution is -2.32. The lowest BCUT2D eigenvalue weighted by atomic mass is 10.1. The Balaban J connectivity index is 2.02. The molecule has 0 fully saturated rings. The number of nitrogens with two attached hydrogens (primary N) is 1. The van der Waals surface area contributed by atoms with Crippen LogP contribution in [0, 0.1) is 0 Å². The number of benzene rings is 1. The normalized spacial score (nSPS) is 13.1. The van der Waals surface area contributed by atoms with Crippen LogP contribution >= 0.6 is 0 Å². The van der Waals surface area contributed by atoms with Crippen molar-refractivity contribution in [2.75, 3.05) is 19.3 Å². The summed E-state index contributed by atoms with van der Waals surface area (Å²) in [7, 11) is 1.87. The van der Waals surface area contributed by atoms with Gasteiger partial charge in [0, 0.05) is 23.7 Å². The minimum Gasteiger partial charge on any atom is -0.369 e. The van der Waals surface area contributed by atoms with Crippen molar-refractivity contribution >= 4 is 11.8 Å². The quantitative estimate of drug-likeness (QED) is 0.303. The number of nitrogens with one attached hydrogen (secondary N) is 3. The van der Waals surface area contributed by atoms with Gasteiger partial charge in [-0.2, -0.15) is 0 Å². The first kappa shape index (κ1) is 15.0. The number of amidine groups is 1. The Morgan fingerprint density at radius 1 is 1.43 bits per heavy atom. The van der Waals surface area contributed by atoms with Crippen LogP contribution in [-0.2, 0) is 6.42 Å². The number of nitrogen functional groups attached to an aromatic ring is 1. The van der Waals surface area contributed by atoms with E-state index in [0.29, 0.717) is 18.3 Å². The van der Waals surface area contributed by atoms with Crippen molar-refractivity contribution < 1.29 is 5.21 Å². The van der Waals surface area contributed by atoms with Gasteiger partial charge in [0.15, 0.2) is 11.8 Å². The van der Waals surface area contributed by atoms with Crippen molar-refractivity contribution in [1.82, 2.24) is 20.8 Å². The lowest BCUT2D eigenvalue weighted by molar-refractivity contribution is 0.234. The summed E-state index contributed by atoms with van der Waals surface area (Å²) in [6.45, 7) is 0.507. The highest BCUT2D eigenvalue weighted by molar-refractivity contribution is 5.97. The second-order valence-electron chi connectivity index (χ2n) is 4.65. The molecule has 0 saturated carbocycles. The number of hydroxylamine groups is 1. The number of anilines is 1. The molecule has 0 aliphatic carbocycles. The molecule has 0 amide bonds. The van der Waals surface area contributed by atoms with E-state index in [1.165, 1.54) is 0 Å². The van der Waals surface area contributed by atoms with Gasteiger partial charge in [-0.1, -0.05) is 30.3 Å². The van der Waals surface area contributed by atoms with E-state index in [4.69, 9.17) is 5.73 Å². The first-order chi connectivity index (χ1) is 10.2. The van der Waals surface area contributed by atoms with Gasteiger partial charge in [-0.25, -0.2) is 4.98 Å². The summed E-state index contributed by atoms with van der Waals surface area (Å²) in [6.07, 6.45) is 2.43. The van der Waals surface area contributed by atoms with Crippen LogP contribution in [0.3, 0.4) is 0 Å². The average molecular weight is 288 g/mol. The molecule has 0 radical (unpaired) electrons. The second-order valence-corrected chi connectivity index (χ2v) is 4.65. The zero-order valence-electron chi connectivity index (χ0n) is 11.9. The van der Waals surface area contributed by atoms with Gasteiger partial charge in [-0.05, 0) is 7.05 Å². The minimum absolute atomic E-state index is 0.108. The highest BCUT2D eigenvalue weighted by Crippen LogP contribution is 2.04. The molecule has 1 aromatic heterocycles. The molecular weight excluding hydrogens is 268 g/mol. The van der Waals surface area contributed by atoms with Crippen LogP contribution in [0.15, 0.2) is 41.5 Å². The van der Waals surface area contributed by atoms with Gasteiger partial charge in [0.2, 0.25) is 0 Å². The number of H-pyrrole nitrogens is 1. The van der Waals surface area contributed by atoms with E-state index in [1.54, 1.807) is 6.20 Å². The molecule has 7 heteroatoms. The summed E-state index contributed by atoms with van der Waals surface area (Å²) in [5.41, 5.74) is 9.48. The van der Waals surface area contributed by atoms with E-state index in [-0.39, 0.29) is 6.04 Å². The van der Waals surface area contributed by atoms with Gasteiger partial charge in [-0.3, -0.25) is 15.7 Å². The standard InChI is InChI=1S/C14H20N6O/c1-16-11(7-12-9-18-14(15)19-12)8-17-13(20-21)10-5-3-2-4-6-10/h2-6,9,11,16,21H,7-8H2,1H3,(H,17,20)(H3,15,18,19). The van der Waals surface area contributed by atoms with Crippen molar-refractivity contribution in [2.45, 2.75) is 12.5 Å². The van der Waals surface area contributed by atoms with Crippen molar-refractivity contribution in [2.24, 2.45) is 4.99 Å². The third-order valence-electron chi connectivity index (χ3n) is 3.15. The van der Waals surface area contributed by atoms with Crippen LogP contribution in [0.2, 0.25) is 0 Å². The molecule has 7 nitrogen and oxygen atoms in total. The highest BCUT2D eigenvalue weighted by atomic mass is 16.5. The summed E-state index contributed by atoms with van der Waals surface area (Å²) in [6, 6.07) is 9.57. The Kier molecular flexibility index (Phi) is 5.30. The largest absolute Gasteiger partial charge is 0.369 e. The third kappa shape index (κ3) is 4.30. The highest BCUT2D eigenvalue weighted by Gasteiger charge is 2.10. The lowest BCUT2D eigenvalue weighted by Gasteiger charge is -2.13. The van der Waals surface area contributed by atoms with E-state index < -0.39 is 0 Å². The number of hydrogen-bond acceptors (Lipinski definition) is 5. The molecule has 112 valence electrons. The molecule has 0 aliphatic rings. The molecule has 2 rings (SSSR count). The molecule has 21 heavy (non-hydrogen) atoms. The number of nitrogens with zero attached hydrogens (tertiary/aromatic N) is 2. The number of hydrogen-bond donors (Lipinski definition) is 5. The minimum atomic E-state index is 0.108. The molecule has 0 bridgehead atoms. The number of imidazole rings is 1. The van der Waals surface area contributed by atoms with Gasteiger partial charge < -0.3 is 16.0 Å². The van der Waals surface area contributed by atoms with Gasteiger partial charge in [-0.15, -0.1) is 0 Å². The summed E-state index contributed by atoms with van der Waals surface area (Å²) >= 11 is 0. The van der Waals surface area contributed by atoms with E-state index >= 15 is 0 Å². The Hall–Kier alpha value is -2.38. The van der Waals surface area contributed by atoms with Crippen LogP contribution in [0.25, 0.3) is 0 Å². The SMILES string of the molecule is CNC(CN=C(NO)c1ccccc1)Cc1cnc(N)[nH]1. The molecule has 0 aliphatic heterocycles. The number of likely N-dealkylation sites (N-methyl/N-ethyl adjacent to an activating group) is 1. The molecule has 1 aromatic carbocycles. The van der Waals surface area contributed by atoms with Crippen molar-refractivity contribution in [3.05, 3.63) is 47.8 Å². The predicted octanol–water partition coefficient (Wildman–Crippen LogP) is 0.548. The van der Waals surface area contributed by atoms with Gasteiger partial charge in [0.25, 0.3) is 0 Å². The Bertz CT molecular complexity index is 580. The fourth-order valence-corrected chi connectivity index (χ4v) is 1.99. The summed E-state index contributed by atoms with van der Waals surface area (Å²) in [4.78, 5) is 11.4. The van der Waals surface area contributed by atoms with Gasteiger partial charge >= 0.3 is 0 Å². The Morgan fingerprint density at radius 3 is 2.76 bits per heavy atom. The van der Waals surface area contributed by atoms with Crippen LogP contribution < -0.4 is 16.5 Å². The maximum atomic E-state index is 9.22. The Morgan fingerprint density at radius 2 is 2.19 bits per heavy atom. The van der Waals surface area contributed by atoms with E-state index in [9.17, 15) is 5.21 Å². The number of rotatable bonds is 6. The average Bonchev–Trinajstić information content (AvgIpc) is 2.93. The van der Waals surface area contributed by atoms with E-state index in [2.05, 4.69) is 25.8 Å². The van der Waals surface area contributed by atoms with Crippen LogP contribution in [0.4, 0.5) is 5.95 Å². The van der Waals surface area contributed by atoms with Gasteiger partial charge in [0.05, 0.1) is 12.7 Å². The summed E-state index contributed by atoms with van der Waals surface area (Å²) in [5.74, 6) is 0.852. The molecule has 2 aromatic rings. The number of aliphatic imine (C=N–C) groups is 1. The number of aromatic amines is 1. The van der Waals surface area contributed by atoms with Crippen molar-refractivity contribution in [3.63, 3.8) is 0 Å². The van der Waals surface area contributed by atoms with Crippen LogP contribution in [0.1, 0.15) is 11.3 Å². The molecule has 1 unspecified atom stereocenters. The maximum absolute atomic E-state index is 9.22. The van der Waals surface area contributed by atoms with E-state index in [0.717, 1.165) is 17.7 Å². The van der Waals surface area contributed by atoms with E-state index in [1.807, 2.05) is 37.4 Å². The first-order valence-electron chi connectivity index (χ1n) is 6.69. The smallest absolute Gasteiger partial charge is 0.197 e. The fourth-order valence-electron chi connectivity index (χ4n) is 1.99. The molecule has 1 atom stereocenters. The van der Waals surface area contributed by atoms with Crippen molar-refractivity contribution in [3.8, 4) is 0 Å².